The molecule has 0 saturated heterocycles. The number of tetrazole rings is 1. The number of aryl methyl sites for hydroxylation is 1. The molecule has 144 valence electrons. The number of rotatable bonds is 5. The van der Waals surface area contributed by atoms with Crippen LogP contribution in [-0.2, 0) is 11.2 Å². The van der Waals surface area contributed by atoms with Crippen molar-refractivity contribution in [3.8, 4) is 11.4 Å². The fourth-order valence-electron chi connectivity index (χ4n) is 3.36. The Balaban J connectivity index is 1.57. The van der Waals surface area contributed by atoms with E-state index < -0.39 is 0 Å². The van der Waals surface area contributed by atoms with Gasteiger partial charge in [0.2, 0.25) is 11.1 Å². The molecule has 0 aliphatic carbocycles. The van der Waals surface area contributed by atoms with Crippen LogP contribution >= 0.6 is 11.8 Å². The van der Waals surface area contributed by atoms with E-state index in [1.807, 2.05) is 55.1 Å². The SMILES string of the molecule is COc1ccc(C)cc1-n1nnnc1SC(C)C(=O)N1CCc2ccccc21. The van der Waals surface area contributed by atoms with Gasteiger partial charge in [-0.05, 0) is 60.0 Å². The number of ether oxygens (including phenoxy) is 1. The summed E-state index contributed by atoms with van der Waals surface area (Å²) in [6.07, 6.45) is 0.886. The van der Waals surface area contributed by atoms with Gasteiger partial charge in [0, 0.05) is 12.2 Å². The predicted octanol–water partition coefficient (Wildman–Crippen LogP) is 3.05. The number of hydrogen-bond acceptors (Lipinski definition) is 6. The summed E-state index contributed by atoms with van der Waals surface area (Å²) in [5.74, 6) is 0.730. The molecule has 1 unspecified atom stereocenters. The third-order valence-electron chi connectivity index (χ3n) is 4.79. The maximum atomic E-state index is 13.1. The summed E-state index contributed by atoms with van der Waals surface area (Å²) >= 11 is 1.35. The summed E-state index contributed by atoms with van der Waals surface area (Å²) in [6.45, 7) is 4.59. The number of amides is 1. The summed E-state index contributed by atoms with van der Waals surface area (Å²) in [6, 6.07) is 13.9. The number of carbonyl (C=O) groups is 1. The Morgan fingerprint density at radius 3 is 2.86 bits per heavy atom. The number of nitrogens with zero attached hydrogens (tertiary/aromatic N) is 5. The predicted molar refractivity (Wildman–Crippen MR) is 108 cm³/mol. The Morgan fingerprint density at radius 2 is 2.04 bits per heavy atom. The highest BCUT2D eigenvalue weighted by molar-refractivity contribution is 8.00. The minimum Gasteiger partial charge on any atom is -0.494 e. The number of carbonyl (C=O) groups excluding carboxylic acids is 1. The zero-order chi connectivity index (χ0) is 19.7. The van der Waals surface area contributed by atoms with Crippen LogP contribution in [0.5, 0.6) is 5.75 Å². The number of para-hydroxylation sites is 1. The highest BCUT2D eigenvalue weighted by atomic mass is 32.2. The van der Waals surface area contributed by atoms with Crippen molar-refractivity contribution in [1.82, 2.24) is 20.2 Å². The molecule has 1 atom stereocenters. The summed E-state index contributed by atoms with van der Waals surface area (Å²) in [5, 5.41) is 12.3. The van der Waals surface area contributed by atoms with Gasteiger partial charge in [-0.3, -0.25) is 4.79 Å². The largest absolute Gasteiger partial charge is 0.494 e. The Labute approximate surface area is 167 Å². The first-order chi connectivity index (χ1) is 13.6. The number of benzene rings is 2. The van der Waals surface area contributed by atoms with Crippen LogP contribution in [0.4, 0.5) is 5.69 Å². The van der Waals surface area contributed by atoms with Gasteiger partial charge >= 0.3 is 0 Å². The molecular weight excluding hydrogens is 374 g/mol. The van der Waals surface area contributed by atoms with E-state index >= 15 is 0 Å². The number of methoxy groups -OCH3 is 1. The second-order valence-corrected chi connectivity index (χ2v) is 7.99. The molecule has 0 bridgehead atoms. The zero-order valence-electron chi connectivity index (χ0n) is 16.0. The van der Waals surface area contributed by atoms with Crippen LogP contribution in [0.3, 0.4) is 0 Å². The highest BCUT2D eigenvalue weighted by Crippen LogP contribution is 2.32. The van der Waals surface area contributed by atoms with Crippen molar-refractivity contribution in [3.63, 3.8) is 0 Å². The molecule has 1 amide bonds. The smallest absolute Gasteiger partial charge is 0.240 e. The lowest BCUT2D eigenvalue weighted by atomic mass is 10.2. The van der Waals surface area contributed by atoms with Crippen LogP contribution in [0.1, 0.15) is 18.1 Å². The summed E-state index contributed by atoms with van der Waals surface area (Å²) in [5.41, 5.74) is 4.03. The molecule has 7 nitrogen and oxygen atoms in total. The van der Waals surface area contributed by atoms with E-state index in [0.29, 0.717) is 17.5 Å². The molecule has 0 saturated carbocycles. The van der Waals surface area contributed by atoms with Crippen molar-refractivity contribution in [1.29, 1.82) is 0 Å². The molecule has 28 heavy (non-hydrogen) atoms. The van der Waals surface area contributed by atoms with Gasteiger partial charge in [0.15, 0.2) is 0 Å². The Hall–Kier alpha value is -2.87. The maximum Gasteiger partial charge on any atom is 0.240 e. The average molecular weight is 395 g/mol. The molecule has 1 aromatic heterocycles. The monoisotopic (exact) mass is 395 g/mol. The maximum absolute atomic E-state index is 13.1. The standard InChI is InChI=1S/C20H21N5O2S/c1-13-8-9-18(27-3)17(12-13)25-20(21-22-23-25)28-14(2)19(26)24-11-10-15-6-4-5-7-16(15)24/h4-9,12,14H,10-11H2,1-3H3. The van der Waals surface area contributed by atoms with Crippen LogP contribution < -0.4 is 9.64 Å². The molecule has 2 aromatic carbocycles. The molecule has 4 rings (SSSR count). The van der Waals surface area contributed by atoms with E-state index in [1.54, 1.807) is 11.8 Å². The second kappa shape index (κ2) is 7.63. The first-order valence-electron chi connectivity index (χ1n) is 9.08. The Morgan fingerprint density at radius 1 is 1.21 bits per heavy atom. The lowest BCUT2D eigenvalue weighted by Gasteiger charge is -2.21. The quantitative estimate of drug-likeness (QED) is 0.618. The van der Waals surface area contributed by atoms with Crippen LogP contribution in [0.2, 0.25) is 0 Å². The molecular formula is C20H21N5O2S. The third kappa shape index (κ3) is 3.35. The number of hydrogen-bond donors (Lipinski definition) is 0. The van der Waals surface area contributed by atoms with Gasteiger partial charge in [0.05, 0.1) is 12.4 Å². The van der Waals surface area contributed by atoms with Crippen LogP contribution in [0, 0.1) is 6.92 Å². The molecule has 0 fully saturated rings. The van der Waals surface area contributed by atoms with Crippen molar-refractivity contribution >= 4 is 23.4 Å². The second-order valence-electron chi connectivity index (χ2n) is 6.68. The fraction of sp³-hybridized carbons (Fsp3) is 0.300. The summed E-state index contributed by atoms with van der Waals surface area (Å²) in [7, 11) is 1.61. The summed E-state index contributed by atoms with van der Waals surface area (Å²) in [4.78, 5) is 14.9. The molecule has 0 spiro atoms. The van der Waals surface area contributed by atoms with Crippen molar-refractivity contribution in [2.45, 2.75) is 30.7 Å². The van der Waals surface area contributed by atoms with Gasteiger partial charge < -0.3 is 9.64 Å². The van der Waals surface area contributed by atoms with Crippen molar-refractivity contribution in [2.24, 2.45) is 0 Å². The van der Waals surface area contributed by atoms with E-state index in [-0.39, 0.29) is 11.2 Å². The average Bonchev–Trinajstić information content (AvgIpc) is 3.34. The van der Waals surface area contributed by atoms with Crippen molar-refractivity contribution < 1.29 is 9.53 Å². The number of anilines is 1. The van der Waals surface area contributed by atoms with E-state index in [0.717, 1.165) is 23.4 Å². The Kier molecular flexibility index (Phi) is 5.04. The third-order valence-corrected chi connectivity index (χ3v) is 5.81. The van der Waals surface area contributed by atoms with Crippen molar-refractivity contribution in [3.05, 3.63) is 53.6 Å². The first kappa shape index (κ1) is 18.5. The van der Waals surface area contributed by atoms with Gasteiger partial charge in [-0.15, -0.1) is 5.10 Å². The van der Waals surface area contributed by atoms with Crippen LogP contribution in [-0.4, -0.2) is 45.0 Å². The van der Waals surface area contributed by atoms with Gasteiger partial charge in [-0.1, -0.05) is 36.0 Å². The molecule has 1 aliphatic heterocycles. The lowest BCUT2D eigenvalue weighted by Crippen LogP contribution is -2.35. The lowest BCUT2D eigenvalue weighted by molar-refractivity contribution is -0.117. The summed E-state index contributed by atoms with van der Waals surface area (Å²) < 4.78 is 7.07. The van der Waals surface area contributed by atoms with E-state index in [4.69, 9.17) is 4.74 Å². The highest BCUT2D eigenvalue weighted by Gasteiger charge is 2.29. The topological polar surface area (TPSA) is 73.1 Å². The number of fused-ring (bicyclic) bond motifs is 1. The van der Waals surface area contributed by atoms with Gasteiger partial charge in [-0.25, -0.2) is 0 Å². The minimum atomic E-state index is -0.327. The van der Waals surface area contributed by atoms with Gasteiger partial charge in [-0.2, -0.15) is 4.68 Å². The van der Waals surface area contributed by atoms with Crippen LogP contribution in [0.25, 0.3) is 5.69 Å². The zero-order valence-corrected chi connectivity index (χ0v) is 16.8. The van der Waals surface area contributed by atoms with E-state index in [2.05, 4.69) is 21.6 Å². The molecule has 8 heteroatoms. The number of aromatic nitrogens is 4. The first-order valence-corrected chi connectivity index (χ1v) is 9.96. The molecule has 0 N–H and O–H groups in total. The molecule has 3 aromatic rings. The Bertz CT molecular complexity index is 1020. The molecule has 0 radical (unpaired) electrons. The van der Waals surface area contributed by atoms with E-state index in [9.17, 15) is 4.79 Å². The van der Waals surface area contributed by atoms with Gasteiger partial charge in [0.25, 0.3) is 0 Å². The van der Waals surface area contributed by atoms with Gasteiger partial charge in [0.1, 0.15) is 11.4 Å². The fourth-order valence-corrected chi connectivity index (χ4v) is 4.23. The molecule has 2 heterocycles. The van der Waals surface area contributed by atoms with Crippen LogP contribution in [0.15, 0.2) is 47.6 Å². The normalized spacial score (nSPS) is 14.0. The minimum absolute atomic E-state index is 0.0562. The molecule has 1 aliphatic rings. The van der Waals surface area contributed by atoms with E-state index in [1.165, 1.54) is 17.3 Å². The number of thioether (sulfide) groups is 1. The van der Waals surface area contributed by atoms with Crippen molar-refractivity contribution in [2.75, 3.05) is 18.6 Å².